The molecular formula is C19H17ClN2O3S. The van der Waals surface area contributed by atoms with Gasteiger partial charge in [0.15, 0.2) is 0 Å². The zero-order valence-corrected chi connectivity index (χ0v) is 15.8. The van der Waals surface area contributed by atoms with Crippen molar-refractivity contribution in [1.29, 1.82) is 0 Å². The van der Waals surface area contributed by atoms with E-state index in [4.69, 9.17) is 16.0 Å². The number of hydrogen-bond donors (Lipinski definition) is 1. The Morgan fingerprint density at radius 1 is 1.23 bits per heavy atom. The van der Waals surface area contributed by atoms with Crippen LogP contribution in [-0.4, -0.2) is 23.8 Å². The largest absolute Gasteiger partial charge is 0.467 e. The van der Waals surface area contributed by atoms with Gasteiger partial charge in [-0.05, 0) is 48.7 Å². The molecule has 0 saturated carbocycles. The minimum atomic E-state index is -0.260. The normalized spacial score (nSPS) is 11.8. The Kier molecular flexibility index (Phi) is 5.44. The summed E-state index contributed by atoms with van der Waals surface area (Å²) in [5.74, 6) is 0.238. The van der Waals surface area contributed by atoms with E-state index in [0.29, 0.717) is 26.9 Å². The summed E-state index contributed by atoms with van der Waals surface area (Å²) in [6.07, 6.45) is 1.57. The van der Waals surface area contributed by atoms with Crippen LogP contribution < -0.4 is 5.32 Å². The van der Waals surface area contributed by atoms with Gasteiger partial charge in [-0.2, -0.15) is 0 Å². The molecule has 0 bridgehead atoms. The van der Waals surface area contributed by atoms with Crippen molar-refractivity contribution in [3.63, 3.8) is 0 Å². The number of amides is 2. The summed E-state index contributed by atoms with van der Waals surface area (Å²) in [7, 11) is 1.70. The van der Waals surface area contributed by atoms with Crippen molar-refractivity contribution < 1.29 is 14.0 Å². The minimum absolute atomic E-state index is 0.197. The molecule has 0 aliphatic heterocycles. The second kappa shape index (κ2) is 7.76. The molecular weight excluding hydrogens is 372 g/mol. The lowest BCUT2D eigenvalue weighted by molar-refractivity contribution is 0.0726. The molecule has 7 heteroatoms. The van der Waals surface area contributed by atoms with Crippen molar-refractivity contribution in [3.05, 3.63) is 75.3 Å². The molecule has 134 valence electrons. The summed E-state index contributed by atoms with van der Waals surface area (Å²) in [5.41, 5.74) is 0.826. The molecule has 0 aliphatic rings. The Hall–Kier alpha value is -2.57. The molecule has 0 fully saturated rings. The van der Waals surface area contributed by atoms with Gasteiger partial charge in [-0.3, -0.25) is 9.59 Å². The Balaban J connectivity index is 1.80. The standard InChI is InChI=1S/C19H17ClN2O3S/c1-12(16-5-3-9-25-16)22(2)19(24)13-7-8-14(20)15(11-13)21-18(23)17-6-4-10-26-17/h3-12H,1-2H3,(H,21,23). The van der Waals surface area contributed by atoms with Gasteiger partial charge in [-0.25, -0.2) is 0 Å². The second-order valence-corrected chi connectivity index (χ2v) is 7.09. The number of hydrogen-bond acceptors (Lipinski definition) is 4. The van der Waals surface area contributed by atoms with E-state index >= 15 is 0 Å². The van der Waals surface area contributed by atoms with Crippen LogP contribution in [0.4, 0.5) is 5.69 Å². The van der Waals surface area contributed by atoms with E-state index in [2.05, 4.69) is 5.32 Å². The molecule has 2 aromatic heterocycles. The molecule has 0 aliphatic carbocycles. The highest BCUT2D eigenvalue weighted by molar-refractivity contribution is 7.12. The number of carbonyl (C=O) groups is 2. The summed E-state index contributed by atoms with van der Waals surface area (Å²) in [6.45, 7) is 1.88. The van der Waals surface area contributed by atoms with Crippen LogP contribution >= 0.6 is 22.9 Å². The van der Waals surface area contributed by atoms with E-state index in [9.17, 15) is 9.59 Å². The second-order valence-electron chi connectivity index (χ2n) is 5.73. The summed E-state index contributed by atoms with van der Waals surface area (Å²) in [4.78, 5) is 27.2. The van der Waals surface area contributed by atoms with Gasteiger partial charge in [0, 0.05) is 12.6 Å². The van der Waals surface area contributed by atoms with Crippen LogP contribution in [-0.2, 0) is 0 Å². The molecule has 0 radical (unpaired) electrons. The SMILES string of the molecule is CC(c1ccco1)N(C)C(=O)c1ccc(Cl)c(NC(=O)c2cccs2)c1. The summed E-state index contributed by atoms with van der Waals surface area (Å²) >= 11 is 7.51. The lowest BCUT2D eigenvalue weighted by Crippen LogP contribution is -2.29. The number of benzene rings is 1. The van der Waals surface area contributed by atoms with Crippen LogP contribution in [0, 0.1) is 0 Å². The molecule has 26 heavy (non-hydrogen) atoms. The fourth-order valence-electron chi connectivity index (χ4n) is 2.45. The van der Waals surface area contributed by atoms with Crippen molar-refractivity contribution in [2.45, 2.75) is 13.0 Å². The summed E-state index contributed by atoms with van der Waals surface area (Å²) in [6, 6.07) is 11.7. The molecule has 1 N–H and O–H groups in total. The number of halogens is 1. The van der Waals surface area contributed by atoms with Crippen LogP contribution in [0.1, 0.15) is 38.8 Å². The van der Waals surface area contributed by atoms with Gasteiger partial charge in [-0.15, -0.1) is 11.3 Å². The van der Waals surface area contributed by atoms with Crippen molar-refractivity contribution in [2.24, 2.45) is 0 Å². The van der Waals surface area contributed by atoms with Crippen molar-refractivity contribution in [3.8, 4) is 0 Å². The fraction of sp³-hybridized carbons (Fsp3) is 0.158. The van der Waals surface area contributed by atoms with E-state index in [1.54, 1.807) is 54.6 Å². The molecule has 0 spiro atoms. The Morgan fingerprint density at radius 3 is 2.69 bits per heavy atom. The highest BCUT2D eigenvalue weighted by atomic mass is 35.5. The average molecular weight is 389 g/mol. The first-order valence-corrected chi connectivity index (χ1v) is 9.18. The van der Waals surface area contributed by atoms with Gasteiger partial charge in [-0.1, -0.05) is 17.7 Å². The van der Waals surface area contributed by atoms with Crippen LogP contribution in [0.5, 0.6) is 0 Å². The lowest BCUT2D eigenvalue weighted by atomic mass is 10.1. The molecule has 3 aromatic rings. The number of rotatable bonds is 5. The number of nitrogens with one attached hydrogen (secondary N) is 1. The van der Waals surface area contributed by atoms with Gasteiger partial charge >= 0.3 is 0 Å². The number of thiophene rings is 1. The van der Waals surface area contributed by atoms with Crippen molar-refractivity contribution in [2.75, 3.05) is 12.4 Å². The maximum absolute atomic E-state index is 12.8. The molecule has 1 unspecified atom stereocenters. The van der Waals surface area contributed by atoms with Gasteiger partial charge in [0.2, 0.25) is 0 Å². The van der Waals surface area contributed by atoms with Crippen LogP contribution in [0.15, 0.2) is 58.5 Å². The molecule has 3 rings (SSSR count). The third-order valence-corrected chi connectivity index (χ3v) is 5.26. The third-order valence-electron chi connectivity index (χ3n) is 4.06. The van der Waals surface area contributed by atoms with Crippen molar-refractivity contribution in [1.82, 2.24) is 4.90 Å². The van der Waals surface area contributed by atoms with Gasteiger partial charge in [0.25, 0.3) is 11.8 Å². The predicted octanol–water partition coefficient (Wildman–Crippen LogP) is 5.08. The minimum Gasteiger partial charge on any atom is -0.467 e. The third kappa shape index (κ3) is 3.81. The zero-order chi connectivity index (χ0) is 18.7. The quantitative estimate of drug-likeness (QED) is 0.662. The Labute approximate surface area is 160 Å². The van der Waals surface area contributed by atoms with E-state index in [-0.39, 0.29) is 17.9 Å². The maximum atomic E-state index is 12.8. The number of furan rings is 1. The first-order chi connectivity index (χ1) is 12.5. The number of nitrogens with zero attached hydrogens (tertiary/aromatic N) is 1. The summed E-state index contributed by atoms with van der Waals surface area (Å²) in [5, 5.41) is 4.94. The van der Waals surface area contributed by atoms with E-state index in [1.165, 1.54) is 11.3 Å². The highest BCUT2D eigenvalue weighted by Crippen LogP contribution is 2.27. The maximum Gasteiger partial charge on any atom is 0.265 e. The lowest BCUT2D eigenvalue weighted by Gasteiger charge is -2.23. The Morgan fingerprint density at radius 2 is 2.04 bits per heavy atom. The molecule has 1 atom stereocenters. The number of carbonyl (C=O) groups excluding carboxylic acids is 2. The Bertz CT molecular complexity index is 907. The smallest absolute Gasteiger partial charge is 0.265 e. The highest BCUT2D eigenvalue weighted by Gasteiger charge is 2.22. The molecule has 5 nitrogen and oxygen atoms in total. The van der Waals surface area contributed by atoms with Crippen LogP contribution in [0.3, 0.4) is 0 Å². The van der Waals surface area contributed by atoms with E-state index in [0.717, 1.165) is 0 Å². The molecule has 0 saturated heterocycles. The first-order valence-electron chi connectivity index (χ1n) is 7.92. The predicted molar refractivity (Wildman–Crippen MR) is 103 cm³/mol. The topological polar surface area (TPSA) is 62.6 Å². The average Bonchev–Trinajstić information content (AvgIpc) is 3.35. The fourth-order valence-corrected chi connectivity index (χ4v) is 3.23. The summed E-state index contributed by atoms with van der Waals surface area (Å²) < 4.78 is 5.37. The monoisotopic (exact) mass is 388 g/mol. The molecule has 2 heterocycles. The number of anilines is 1. The van der Waals surface area contributed by atoms with Crippen LogP contribution in [0.25, 0.3) is 0 Å². The van der Waals surface area contributed by atoms with Gasteiger partial charge < -0.3 is 14.6 Å². The van der Waals surface area contributed by atoms with Crippen molar-refractivity contribution >= 4 is 40.4 Å². The molecule has 1 aromatic carbocycles. The van der Waals surface area contributed by atoms with Crippen LogP contribution in [0.2, 0.25) is 5.02 Å². The van der Waals surface area contributed by atoms with E-state index < -0.39 is 0 Å². The van der Waals surface area contributed by atoms with E-state index in [1.807, 2.05) is 18.4 Å². The van der Waals surface area contributed by atoms with Gasteiger partial charge in [0.05, 0.1) is 27.9 Å². The zero-order valence-electron chi connectivity index (χ0n) is 14.2. The molecule has 2 amide bonds. The van der Waals surface area contributed by atoms with Gasteiger partial charge in [0.1, 0.15) is 5.76 Å². The first kappa shape index (κ1) is 18.2.